The molecule has 1 aromatic carbocycles. The number of rotatable bonds is 2. The van der Waals surface area contributed by atoms with Crippen molar-refractivity contribution in [2.75, 3.05) is 18.5 Å². The highest BCUT2D eigenvalue weighted by atomic mass is 16.2. The van der Waals surface area contributed by atoms with Crippen LogP contribution >= 0.6 is 0 Å². The number of aryl methyl sites for hydroxylation is 1. The lowest BCUT2D eigenvalue weighted by Crippen LogP contribution is -2.43. The predicted octanol–water partition coefficient (Wildman–Crippen LogP) is 1.48. The van der Waals surface area contributed by atoms with Crippen LogP contribution in [-0.4, -0.2) is 25.4 Å². The summed E-state index contributed by atoms with van der Waals surface area (Å²) in [6, 6.07) is 7.85. The van der Waals surface area contributed by atoms with Crippen molar-refractivity contribution in [2.45, 2.75) is 19.8 Å². The van der Waals surface area contributed by atoms with E-state index in [1.54, 1.807) is 11.9 Å². The highest BCUT2D eigenvalue weighted by molar-refractivity contribution is 5.95. The monoisotopic (exact) mass is 246 g/mol. The van der Waals surface area contributed by atoms with Gasteiger partial charge in [0, 0.05) is 25.7 Å². The number of benzene rings is 1. The lowest BCUT2D eigenvalue weighted by atomic mass is 9.97. The number of carbonyl (C=O) groups excluding carboxylic acids is 2. The molecule has 0 radical (unpaired) electrons. The Labute approximate surface area is 107 Å². The number of nitrogens with zero attached hydrogens (tertiary/aromatic N) is 1. The smallest absolute Gasteiger partial charge is 0.231 e. The molecule has 2 amide bonds. The van der Waals surface area contributed by atoms with Crippen molar-refractivity contribution < 1.29 is 9.59 Å². The van der Waals surface area contributed by atoms with Gasteiger partial charge in [0.25, 0.3) is 0 Å². The van der Waals surface area contributed by atoms with Crippen LogP contribution in [0.1, 0.15) is 18.4 Å². The van der Waals surface area contributed by atoms with Crippen LogP contribution in [0.3, 0.4) is 0 Å². The summed E-state index contributed by atoms with van der Waals surface area (Å²) in [5, 5.41) is 2.74. The Kier molecular flexibility index (Phi) is 3.65. The van der Waals surface area contributed by atoms with Crippen molar-refractivity contribution in [3.63, 3.8) is 0 Å². The maximum Gasteiger partial charge on any atom is 0.231 e. The summed E-state index contributed by atoms with van der Waals surface area (Å²) in [5.74, 6) is 0.00562. The van der Waals surface area contributed by atoms with E-state index in [-0.39, 0.29) is 17.7 Å². The first kappa shape index (κ1) is 12.6. The molecule has 1 saturated heterocycles. The van der Waals surface area contributed by atoms with Gasteiger partial charge in [0.15, 0.2) is 0 Å². The molecule has 18 heavy (non-hydrogen) atoms. The van der Waals surface area contributed by atoms with Crippen LogP contribution in [0.2, 0.25) is 0 Å². The molecule has 96 valence electrons. The van der Waals surface area contributed by atoms with Gasteiger partial charge in [0.2, 0.25) is 11.8 Å². The second-order valence-corrected chi connectivity index (χ2v) is 4.78. The number of amides is 2. The van der Waals surface area contributed by atoms with Gasteiger partial charge < -0.3 is 10.2 Å². The van der Waals surface area contributed by atoms with Crippen molar-refractivity contribution in [3.8, 4) is 0 Å². The topological polar surface area (TPSA) is 49.4 Å². The first-order chi connectivity index (χ1) is 8.58. The summed E-state index contributed by atoms with van der Waals surface area (Å²) in [4.78, 5) is 25.0. The van der Waals surface area contributed by atoms with E-state index < -0.39 is 0 Å². The van der Waals surface area contributed by atoms with Crippen LogP contribution < -0.4 is 10.2 Å². The summed E-state index contributed by atoms with van der Waals surface area (Å²) < 4.78 is 0. The molecule has 1 atom stereocenters. The predicted molar refractivity (Wildman–Crippen MR) is 70.3 cm³/mol. The second-order valence-electron chi connectivity index (χ2n) is 4.78. The SMILES string of the molecule is Cc1cccc(N(C)C(=O)C2CCC(=O)NC2)c1. The number of nitrogens with one attached hydrogen (secondary N) is 1. The van der Waals surface area contributed by atoms with E-state index in [0.717, 1.165) is 11.3 Å². The van der Waals surface area contributed by atoms with Crippen LogP contribution in [0.25, 0.3) is 0 Å². The van der Waals surface area contributed by atoms with Crippen molar-refractivity contribution >= 4 is 17.5 Å². The van der Waals surface area contributed by atoms with E-state index in [2.05, 4.69) is 5.32 Å². The molecule has 2 rings (SSSR count). The molecule has 4 heteroatoms. The summed E-state index contributed by atoms with van der Waals surface area (Å²) in [7, 11) is 1.79. The highest BCUT2D eigenvalue weighted by Gasteiger charge is 2.27. The molecule has 1 fully saturated rings. The Balaban J connectivity index is 2.07. The summed E-state index contributed by atoms with van der Waals surface area (Å²) in [6.07, 6.45) is 1.08. The Morgan fingerprint density at radius 2 is 2.22 bits per heavy atom. The van der Waals surface area contributed by atoms with Gasteiger partial charge in [0.05, 0.1) is 5.92 Å². The zero-order valence-electron chi connectivity index (χ0n) is 10.8. The fourth-order valence-corrected chi connectivity index (χ4v) is 2.18. The van der Waals surface area contributed by atoms with Gasteiger partial charge in [-0.05, 0) is 31.0 Å². The van der Waals surface area contributed by atoms with E-state index in [9.17, 15) is 9.59 Å². The minimum atomic E-state index is -0.104. The van der Waals surface area contributed by atoms with Gasteiger partial charge in [0.1, 0.15) is 0 Å². The standard InChI is InChI=1S/C14H18N2O2/c1-10-4-3-5-12(8-10)16(2)14(18)11-6-7-13(17)15-9-11/h3-5,8,11H,6-7,9H2,1-2H3,(H,15,17). The minimum absolute atomic E-state index is 0.0391. The van der Waals surface area contributed by atoms with Crippen LogP contribution in [0.15, 0.2) is 24.3 Å². The Morgan fingerprint density at radius 3 is 2.83 bits per heavy atom. The first-order valence-electron chi connectivity index (χ1n) is 6.19. The zero-order chi connectivity index (χ0) is 13.1. The van der Waals surface area contributed by atoms with E-state index in [4.69, 9.17) is 0 Å². The maximum atomic E-state index is 12.3. The van der Waals surface area contributed by atoms with Crippen molar-refractivity contribution in [1.82, 2.24) is 5.32 Å². The second kappa shape index (κ2) is 5.21. The highest BCUT2D eigenvalue weighted by Crippen LogP contribution is 2.19. The molecule has 1 aromatic rings. The third kappa shape index (κ3) is 2.70. The largest absolute Gasteiger partial charge is 0.355 e. The molecule has 1 heterocycles. The van der Waals surface area contributed by atoms with Gasteiger partial charge in [-0.25, -0.2) is 0 Å². The molecule has 0 saturated carbocycles. The molecular weight excluding hydrogens is 228 g/mol. The molecule has 1 aliphatic rings. The van der Waals surface area contributed by atoms with E-state index in [1.165, 1.54) is 0 Å². The van der Waals surface area contributed by atoms with Gasteiger partial charge >= 0.3 is 0 Å². The number of anilines is 1. The molecule has 0 aromatic heterocycles. The summed E-state index contributed by atoms with van der Waals surface area (Å²) >= 11 is 0. The van der Waals surface area contributed by atoms with Crippen LogP contribution in [-0.2, 0) is 9.59 Å². The fourth-order valence-electron chi connectivity index (χ4n) is 2.18. The maximum absolute atomic E-state index is 12.3. The van der Waals surface area contributed by atoms with E-state index in [0.29, 0.717) is 19.4 Å². The number of hydrogen-bond donors (Lipinski definition) is 1. The van der Waals surface area contributed by atoms with E-state index in [1.807, 2.05) is 31.2 Å². The van der Waals surface area contributed by atoms with Crippen molar-refractivity contribution in [1.29, 1.82) is 0 Å². The number of carbonyl (C=O) groups is 2. The summed E-state index contributed by atoms with van der Waals surface area (Å²) in [6.45, 7) is 2.45. The molecular formula is C14H18N2O2. The molecule has 0 spiro atoms. The number of piperidine rings is 1. The zero-order valence-corrected chi connectivity index (χ0v) is 10.8. The normalized spacial score (nSPS) is 19.2. The third-order valence-electron chi connectivity index (χ3n) is 3.33. The quantitative estimate of drug-likeness (QED) is 0.859. The number of hydrogen-bond acceptors (Lipinski definition) is 2. The van der Waals surface area contributed by atoms with Gasteiger partial charge in [-0.15, -0.1) is 0 Å². The van der Waals surface area contributed by atoms with Gasteiger partial charge in [-0.2, -0.15) is 0 Å². The van der Waals surface area contributed by atoms with Crippen molar-refractivity contribution in [2.24, 2.45) is 5.92 Å². The molecule has 1 aliphatic heterocycles. The molecule has 1 unspecified atom stereocenters. The van der Waals surface area contributed by atoms with Gasteiger partial charge in [-0.1, -0.05) is 12.1 Å². The Morgan fingerprint density at radius 1 is 1.44 bits per heavy atom. The van der Waals surface area contributed by atoms with Crippen LogP contribution in [0.4, 0.5) is 5.69 Å². The van der Waals surface area contributed by atoms with Crippen LogP contribution in [0, 0.1) is 12.8 Å². The lowest BCUT2D eigenvalue weighted by molar-refractivity contribution is -0.127. The van der Waals surface area contributed by atoms with Gasteiger partial charge in [-0.3, -0.25) is 9.59 Å². The molecule has 1 N–H and O–H groups in total. The van der Waals surface area contributed by atoms with E-state index >= 15 is 0 Å². The minimum Gasteiger partial charge on any atom is -0.355 e. The third-order valence-corrected chi connectivity index (χ3v) is 3.33. The first-order valence-corrected chi connectivity index (χ1v) is 6.19. The lowest BCUT2D eigenvalue weighted by Gasteiger charge is -2.26. The Bertz CT molecular complexity index is 461. The summed E-state index contributed by atoms with van der Waals surface area (Å²) in [5.41, 5.74) is 2.03. The molecule has 4 nitrogen and oxygen atoms in total. The average Bonchev–Trinajstić information content (AvgIpc) is 2.38. The fraction of sp³-hybridized carbons (Fsp3) is 0.429. The van der Waals surface area contributed by atoms with Crippen LogP contribution in [0.5, 0.6) is 0 Å². The Hall–Kier alpha value is -1.84. The average molecular weight is 246 g/mol. The molecule has 0 aliphatic carbocycles. The van der Waals surface area contributed by atoms with Crippen molar-refractivity contribution in [3.05, 3.63) is 29.8 Å². The molecule has 0 bridgehead atoms.